The third kappa shape index (κ3) is 3.78. The Kier molecular flexibility index (Phi) is 4.17. The van der Waals surface area contributed by atoms with Crippen LogP contribution in [0.25, 0.3) is 0 Å². The summed E-state index contributed by atoms with van der Waals surface area (Å²) in [4.78, 5) is 26.4. The van der Waals surface area contributed by atoms with Crippen LogP contribution in [0.4, 0.5) is 5.95 Å². The molecule has 1 aromatic heterocycles. The molecule has 1 aromatic carbocycles. The SMILES string of the molecule is Cc1cc(C(N)=O)ccc1COC(=O)Cn1cnc(N)n1. The average Bonchev–Trinajstić information content (AvgIpc) is 2.82. The summed E-state index contributed by atoms with van der Waals surface area (Å²) >= 11 is 0. The summed E-state index contributed by atoms with van der Waals surface area (Å²) in [7, 11) is 0. The minimum Gasteiger partial charge on any atom is -0.459 e. The van der Waals surface area contributed by atoms with Gasteiger partial charge in [-0.1, -0.05) is 6.07 Å². The van der Waals surface area contributed by atoms with E-state index in [4.69, 9.17) is 16.2 Å². The van der Waals surface area contributed by atoms with Crippen LogP contribution in [-0.2, 0) is 22.7 Å². The molecule has 2 aromatic rings. The van der Waals surface area contributed by atoms with E-state index in [1.54, 1.807) is 18.2 Å². The Morgan fingerprint density at radius 1 is 1.38 bits per heavy atom. The van der Waals surface area contributed by atoms with Gasteiger partial charge in [-0.15, -0.1) is 5.10 Å². The standard InChI is InChI=1S/C13H15N5O3/c1-8-4-9(12(14)20)2-3-10(8)6-21-11(19)5-18-7-16-13(15)17-18/h2-4,7H,5-6H2,1H3,(H2,14,20)(H2,15,17). The zero-order valence-corrected chi connectivity index (χ0v) is 11.4. The molecule has 21 heavy (non-hydrogen) atoms. The molecular weight excluding hydrogens is 274 g/mol. The zero-order valence-electron chi connectivity index (χ0n) is 11.4. The number of esters is 1. The number of nitrogens with two attached hydrogens (primary N) is 2. The van der Waals surface area contributed by atoms with Crippen LogP contribution in [0.1, 0.15) is 21.5 Å². The lowest BCUT2D eigenvalue weighted by Crippen LogP contribution is -2.15. The van der Waals surface area contributed by atoms with Crippen LogP contribution in [0.15, 0.2) is 24.5 Å². The molecule has 0 bridgehead atoms. The van der Waals surface area contributed by atoms with Crippen molar-refractivity contribution in [1.29, 1.82) is 0 Å². The normalized spacial score (nSPS) is 10.3. The van der Waals surface area contributed by atoms with Crippen molar-refractivity contribution in [3.05, 3.63) is 41.2 Å². The summed E-state index contributed by atoms with van der Waals surface area (Å²) in [6.45, 7) is 1.85. The zero-order chi connectivity index (χ0) is 15.4. The van der Waals surface area contributed by atoms with Crippen molar-refractivity contribution in [3.63, 3.8) is 0 Å². The van der Waals surface area contributed by atoms with Gasteiger partial charge >= 0.3 is 5.97 Å². The summed E-state index contributed by atoms with van der Waals surface area (Å²) in [5, 5.41) is 3.79. The molecular formula is C13H15N5O3. The Balaban J connectivity index is 1.93. The van der Waals surface area contributed by atoms with Gasteiger partial charge in [0.05, 0.1) is 0 Å². The van der Waals surface area contributed by atoms with Gasteiger partial charge in [-0.05, 0) is 30.2 Å². The Morgan fingerprint density at radius 3 is 2.71 bits per heavy atom. The number of aryl methyl sites for hydroxylation is 1. The maximum atomic E-state index is 11.7. The van der Waals surface area contributed by atoms with Crippen LogP contribution < -0.4 is 11.5 Å². The molecule has 0 aliphatic heterocycles. The molecule has 4 N–H and O–H groups in total. The highest BCUT2D eigenvalue weighted by molar-refractivity contribution is 5.93. The van der Waals surface area contributed by atoms with Gasteiger partial charge in [0.25, 0.3) is 0 Å². The highest BCUT2D eigenvalue weighted by Gasteiger charge is 2.09. The van der Waals surface area contributed by atoms with Crippen molar-refractivity contribution in [2.45, 2.75) is 20.1 Å². The van der Waals surface area contributed by atoms with Gasteiger partial charge in [0.2, 0.25) is 11.9 Å². The van der Waals surface area contributed by atoms with Crippen LogP contribution in [-0.4, -0.2) is 26.6 Å². The molecule has 0 saturated heterocycles. The maximum Gasteiger partial charge on any atom is 0.328 e. The van der Waals surface area contributed by atoms with E-state index in [1.807, 2.05) is 6.92 Å². The van der Waals surface area contributed by atoms with Gasteiger partial charge < -0.3 is 16.2 Å². The summed E-state index contributed by atoms with van der Waals surface area (Å²) in [5.41, 5.74) is 12.6. The second kappa shape index (κ2) is 6.04. The number of aromatic nitrogens is 3. The minimum atomic E-state index is -0.495. The average molecular weight is 289 g/mol. The number of nitrogen functional groups attached to an aromatic ring is 1. The number of benzene rings is 1. The molecule has 1 heterocycles. The summed E-state index contributed by atoms with van der Waals surface area (Å²) in [6, 6.07) is 4.95. The summed E-state index contributed by atoms with van der Waals surface area (Å²) in [6.07, 6.45) is 1.35. The number of nitrogens with zero attached hydrogens (tertiary/aromatic N) is 3. The van der Waals surface area contributed by atoms with Gasteiger partial charge in [0.15, 0.2) is 0 Å². The van der Waals surface area contributed by atoms with E-state index >= 15 is 0 Å². The highest BCUT2D eigenvalue weighted by Crippen LogP contribution is 2.12. The number of amides is 1. The molecule has 0 aliphatic carbocycles. The quantitative estimate of drug-likeness (QED) is 0.747. The van der Waals surface area contributed by atoms with Crippen LogP contribution >= 0.6 is 0 Å². The Bertz CT molecular complexity index is 680. The number of carbonyl (C=O) groups excluding carboxylic acids is 2. The minimum absolute atomic E-state index is 0.0668. The number of carbonyl (C=O) groups is 2. The van der Waals surface area contributed by atoms with Gasteiger partial charge in [0, 0.05) is 5.56 Å². The molecule has 0 spiro atoms. The number of rotatable bonds is 5. The van der Waals surface area contributed by atoms with E-state index in [0.29, 0.717) is 5.56 Å². The molecule has 0 atom stereocenters. The predicted octanol–water partition coefficient (Wildman–Crippen LogP) is 0.0110. The summed E-state index contributed by atoms with van der Waals surface area (Å²) < 4.78 is 6.43. The van der Waals surface area contributed by atoms with Crippen LogP contribution in [0.5, 0.6) is 0 Å². The molecule has 110 valence electrons. The topological polar surface area (TPSA) is 126 Å². The first kappa shape index (κ1) is 14.5. The van der Waals surface area contributed by atoms with E-state index in [0.717, 1.165) is 11.1 Å². The Morgan fingerprint density at radius 2 is 2.14 bits per heavy atom. The second-order valence-electron chi connectivity index (χ2n) is 4.47. The fourth-order valence-electron chi connectivity index (χ4n) is 1.73. The molecule has 0 fully saturated rings. The maximum absolute atomic E-state index is 11.7. The molecule has 8 heteroatoms. The smallest absolute Gasteiger partial charge is 0.328 e. The molecule has 0 radical (unpaired) electrons. The van der Waals surface area contributed by atoms with Crippen molar-refractivity contribution in [3.8, 4) is 0 Å². The van der Waals surface area contributed by atoms with Crippen molar-refractivity contribution in [2.24, 2.45) is 5.73 Å². The Hall–Kier alpha value is -2.90. The van der Waals surface area contributed by atoms with Crippen molar-refractivity contribution < 1.29 is 14.3 Å². The third-order valence-electron chi connectivity index (χ3n) is 2.86. The molecule has 1 amide bonds. The van der Waals surface area contributed by atoms with Crippen molar-refractivity contribution >= 4 is 17.8 Å². The first-order valence-electron chi connectivity index (χ1n) is 6.15. The summed E-state index contributed by atoms with van der Waals surface area (Å²) in [5.74, 6) is -0.857. The monoisotopic (exact) mass is 289 g/mol. The molecule has 0 unspecified atom stereocenters. The number of ether oxygens (including phenoxy) is 1. The van der Waals surface area contributed by atoms with Gasteiger partial charge in [0.1, 0.15) is 19.5 Å². The second-order valence-corrected chi connectivity index (χ2v) is 4.47. The molecule has 0 saturated carbocycles. The fraction of sp³-hybridized carbons (Fsp3) is 0.231. The van der Waals surface area contributed by atoms with E-state index < -0.39 is 11.9 Å². The fourth-order valence-corrected chi connectivity index (χ4v) is 1.73. The lowest BCUT2D eigenvalue weighted by molar-refractivity contribution is -0.145. The Labute approximate surface area is 120 Å². The van der Waals surface area contributed by atoms with E-state index in [2.05, 4.69) is 10.1 Å². The highest BCUT2D eigenvalue weighted by atomic mass is 16.5. The van der Waals surface area contributed by atoms with E-state index in [9.17, 15) is 9.59 Å². The van der Waals surface area contributed by atoms with Crippen LogP contribution in [0.3, 0.4) is 0 Å². The lowest BCUT2D eigenvalue weighted by atomic mass is 10.1. The third-order valence-corrected chi connectivity index (χ3v) is 2.86. The van der Waals surface area contributed by atoms with E-state index in [-0.39, 0.29) is 19.1 Å². The predicted molar refractivity (Wildman–Crippen MR) is 73.9 cm³/mol. The van der Waals surface area contributed by atoms with Gasteiger partial charge in [-0.3, -0.25) is 9.59 Å². The first-order chi connectivity index (χ1) is 9.95. The number of anilines is 1. The van der Waals surface area contributed by atoms with Crippen molar-refractivity contribution in [2.75, 3.05) is 5.73 Å². The molecule has 2 rings (SSSR count). The van der Waals surface area contributed by atoms with Gasteiger partial charge in [-0.25, -0.2) is 9.67 Å². The van der Waals surface area contributed by atoms with Crippen LogP contribution in [0, 0.1) is 6.92 Å². The lowest BCUT2D eigenvalue weighted by Gasteiger charge is -2.08. The number of hydrogen-bond donors (Lipinski definition) is 2. The molecule has 8 nitrogen and oxygen atoms in total. The van der Waals surface area contributed by atoms with Crippen molar-refractivity contribution in [1.82, 2.24) is 14.8 Å². The molecule has 0 aliphatic rings. The number of hydrogen-bond acceptors (Lipinski definition) is 6. The van der Waals surface area contributed by atoms with E-state index in [1.165, 1.54) is 11.0 Å². The van der Waals surface area contributed by atoms with Gasteiger partial charge in [-0.2, -0.15) is 0 Å². The van der Waals surface area contributed by atoms with Crippen LogP contribution in [0.2, 0.25) is 0 Å². The number of primary amides is 1. The largest absolute Gasteiger partial charge is 0.459 e. The first-order valence-corrected chi connectivity index (χ1v) is 6.15.